The fourth-order valence-electron chi connectivity index (χ4n) is 1.59. The molecule has 5 heteroatoms. The molecule has 1 rings (SSSR count). The van der Waals surface area contributed by atoms with E-state index in [4.69, 9.17) is 14.2 Å². The van der Waals surface area contributed by atoms with Crippen LogP contribution in [0.5, 0.6) is 5.75 Å². The first-order valence-corrected chi connectivity index (χ1v) is 5.80. The Bertz CT molecular complexity index is 360. The van der Waals surface area contributed by atoms with Gasteiger partial charge in [-0.3, -0.25) is 0 Å². The van der Waals surface area contributed by atoms with Crippen LogP contribution in [-0.4, -0.2) is 41.1 Å². The standard InChI is InChI=1S/C13H20FNO3/c1-15-13(9-18-7-6-16-2)11-5-4-10(17-3)8-12(11)14/h4-5,8,13,15H,6-7,9H2,1-3H3. The number of rotatable bonds is 8. The van der Waals surface area contributed by atoms with Gasteiger partial charge in [-0.05, 0) is 13.1 Å². The van der Waals surface area contributed by atoms with Gasteiger partial charge in [0.1, 0.15) is 11.6 Å². The topological polar surface area (TPSA) is 39.7 Å². The number of nitrogens with one attached hydrogen (secondary N) is 1. The highest BCUT2D eigenvalue weighted by molar-refractivity contribution is 5.30. The van der Waals surface area contributed by atoms with Gasteiger partial charge in [0.25, 0.3) is 0 Å². The molecule has 0 aliphatic heterocycles. The smallest absolute Gasteiger partial charge is 0.131 e. The lowest BCUT2D eigenvalue weighted by molar-refractivity contribution is 0.0591. The Morgan fingerprint density at radius 1 is 1.28 bits per heavy atom. The molecule has 1 aromatic rings. The number of benzene rings is 1. The van der Waals surface area contributed by atoms with Crippen molar-refractivity contribution in [2.24, 2.45) is 0 Å². The summed E-state index contributed by atoms with van der Waals surface area (Å²) in [6, 6.07) is 4.62. The van der Waals surface area contributed by atoms with Gasteiger partial charge in [0.15, 0.2) is 0 Å². The molecule has 1 atom stereocenters. The minimum Gasteiger partial charge on any atom is -0.497 e. The molecule has 0 aliphatic rings. The molecule has 0 saturated heterocycles. The van der Waals surface area contributed by atoms with Crippen LogP contribution >= 0.6 is 0 Å². The van der Waals surface area contributed by atoms with Gasteiger partial charge in [0.05, 0.1) is 33.0 Å². The average Bonchev–Trinajstić information content (AvgIpc) is 2.39. The highest BCUT2D eigenvalue weighted by Gasteiger charge is 2.14. The minimum atomic E-state index is -0.302. The van der Waals surface area contributed by atoms with E-state index >= 15 is 0 Å². The van der Waals surface area contributed by atoms with Crippen molar-refractivity contribution in [3.63, 3.8) is 0 Å². The fraction of sp³-hybridized carbons (Fsp3) is 0.538. The maximum absolute atomic E-state index is 13.8. The molecular weight excluding hydrogens is 237 g/mol. The van der Waals surface area contributed by atoms with E-state index in [9.17, 15) is 4.39 Å². The lowest BCUT2D eigenvalue weighted by Crippen LogP contribution is -2.23. The fourth-order valence-corrected chi connectivity index (χ4v) is 1.59. The third-order valence-corrected chi connectivity index (χ3v) is 2.65. The van der Waals surface area contributed by atoms with Gasteiger partial charge in [0.2, 0.25) is 0 Å². The Morgan fingerprint density at radius 3 is 2.61 bits per heavy atom. The maximum atomic E-state index is 13.8. The summed E-state index contributed by atoms with van der Waals surface area (Å²) in [4.78, 5) is 0. The Kier molecular flexibility index (Phi) is 6.64. The normalized spacial score (nSPS) is 12.4. The predicted molar refractivity (Wildman–Crippen MR) is 67.4 cm³/mol. The molecule has 0 bridgehead atoms. The summed E-state index contributed by atoms with van der Waals surface area (Å²) in [5.41, 5.74) is 0.565. The van der Waals surface area contributed by atoms with E-state index in [1.165, 1.54) is 13.2 Å². The number of hydrogen-bond donors (Lipinski definition) is 1. The Morgan fingerprint density at radius 2 is 2.06 bits per heavy atom. The third kappa shape index (κ3) is 4.25. The molecule has 1 unspecified atom stereocenters. The van der Waals surface area contributed by atoms with Crippen molar-refractivity contribution in [1.29, 1.82) is 0 Å². The number of hydrogen-bond acceptors (Lipinski definition) is 4. The minimum absolute atomic E-state index is 0.187. The van der Waals surface area contributed by atoms with Crippen LogP contribution in [0, 0.1) is 5.82 Å². The number of halogens is 1. The van der Waals surface area contributed by atoms with E-state index in [1.807, 2.05) is 0 Å². The van der Waals surface area contributed by atoms with E-state index < -0.39 is 0 Å². The Labute approximate surface area is 107 Å². The lowest BCUT2D eigenvalue weighted by Gasteiger charge is -2.18. The van der Waals surface area contributed by atoms with E-state index in [1.54, 1.807) is 26.3 Å². The first kappa shape index (κ1) is 14.9. The molecule has 0 radical (unpaired) electrons. The van der Waals surface area contributed by atoms with Crippen molar-refractivity contribution in [3.8, 4) is 5.75 Å². The van der Waals surface area contributed by atoms with E-state index in [2.05, 4.69) is 5.32 Å². The molecule has 0 spiro atoms. The molecule has 0 heterocycles. The number of ether oxygens (including phenoxy) is 3. The summed E-state index contributed by atoms with van der Waals surface area (Å²) < 4.78 is 29.1. The summed E-state index contributed by atoms with van der Waals surface area (Å²) in [6.45, 7) is 1.41. The van der Waals surface area contributed by atoms with E-state index in [0.717, 1.165) is 0 Å². The molecular formula is C13H20FNO3. The van der Waals surface area contributed by atoms with Crippen molar-refractivity contribution in [2.45, 2.75) is 6.04 Å². The van der Waals surface area contributed by atoms with Gasteiger partial charge in [-0.25, -0.2) is 4.39 Å². The lowest BCUT2D eigenvalue weighted by atomic mass is 10.1. The molecule has 102 valence electrons. The third-order valence-electron chi connectivity index (χ3n) is 2.65. The van der Waals surface area contributed by atoms with Crippen LogP contribution in [0.25, 0.3) is 0 Å². The molecule has 1 N–H and O–H groups in total. The molecule has 0 aromatic heterocycles. The molecule has 1 aromatic carbocycles. The quantitative estimate of drug-likeness (QED) is 0.720. The van der Waals surface area contributed by atoms with Gasteiger partial charge < -0.3 is 19.5 Å². The van der Waals surface area contributed by atoms with Crippen molar-refractivity contribution < 1.29 is 18.6 Å². The average molecular weight is 257 g/mol. The van der Waals surface area contributed by atoms with Crippen LogP contribution < -0.4 is 10.1 Å². The van der Waals surface area contributed by atoms with Crippen LogP contribution in [0.4, 0.5) is 4.39 Å². The van der Waals surface area contributed by atoms with Crippen LogP contribution in [0.2, 0.25) is 0 Å². The zero-order valence-corrected chi connectivity index (χ0v) is 11.0. The summed E-state index contributed by atoms with van der Waals surface area (Å²) in [6.07, 6.45) is 0. The zero-order chi connectivity index (χ0) is 13.4. The van der Waals surface area contributed by atoms with Crippen LogP contribution in [0.1, 0.15) is 11.6 Å². The second-order valence-corrected chi connectivity index (χ2v) is 3.80. The number of likely N-dealkylation sites (N-methyl/N-ethyl adjacent to an activating group) is 1. The van der Waals surface area contributed by atoms with Crippen LogP contribution in [-0.2, 0) is 9.47 Å². The van der Waals surface area contributed by atoms with E-state index in [0.29, 0.717) is 31.1 Å². The highest BCUT2D eigenvalue weighted by Crippen LogP contribution is 2.22. The first-order valence-electron chi connectivity index (χ1n) is 5.80. The zero-order valence-electron chi connectivity index (χ0n) is 11.0. The first-order chi connectivity index (χ1) is 8.72. The summed E-state index contributed by atoms with van der Waals surface area (Å²) >= 11 is 0. The van der Waals surface area contributed by atoms with Gasteiger partial charge >= 0.3 is 0 Å². The van der Waals surface area contributed by atoms with Gasteiger partial charge in [0, 0.05) is 18.7 Å². The summed E-state index contributed by atoms with van der Waals surface area (Å²) in [7, 11) is 4.90. The molecule has 0 fully saturated rings. The van der Waals surface area contributed by atoms with Crippen LogP contribution in [0.15, 0.2) is 18.2 Å². The second kappa shape index (κ2) is 8.02. The van der Waals surface area contributed by atoms with Gasteiger partial charge in [-0.1, -0.05) is 6.07 Å². The Balaban J connectivity index is 2.63. The predicted octanol–water partition coefficient (Wildman–Crippen LogP) is 1.76. The van der Waals surface area contributed by atoms with E-state index in [-0.39, 0.29) is 11.9 Å². The number of methoxy groups -OCH3 is 2. The second-order valence-electron chi connectivity index (χ2n) is 3.80. The SMILES string of the molecule is CNC(COCCOC)c1ccc(OC)cc1F. The summed E-state index contributed by atoms with van der Waals surface area (Å²) in [5.74, 6) is 0.204. The monoisotopic (exact) mass is 257 g/mol. The van der Waals surface area contributed by atoms with Crippen molar-refractivity contribution in [2.75, 3.05) is 41.1 Å². The van der Waals surface area contributed by atoms with Crippen LogP contribution in [0.3, 0.4) is 0 Å². The molecule has 0 aliphatic carbocycles. The summed E-state index contributed by atoms with van der Waals surface area (Å²) in [5, 5.41) is 3.03. The van der Waals surface area contributed by atoms with Crippen molar-refractivity contribution in [1.82, 2.24) is 5.32 Å². The molecule has 18 heavy (non-hydrogen) atoms. The maximum Gasteiger partial charge on any atom is 0.131 e. The van der Waals surface area contributed by atoms with Crippen molar-refractivity contribution in [3.05, 3.63) is 29.6 Å². The Hall–Kier alpha value is -1.17. The molecule has 0 amide bonds. The highest BCUT2D eigenvalue weighted by atomic mass is 19.1. The molecule has 0 saturated carbocycles. The molecule has 4 nitrogen and oxygen atoms in total. The van der Waals surface area contributed by atoms with Gasteiger partial charge in [-0.2, -0.15) is 0 Å². The van der Waals surface area contributed by atoms with Gasteiger partial charge in [-0.15, -0.1) is 0 Å². The largest absolute Gasteiger partial charge is 0.497 e. The van der Waals surface area contributed by atoms with Crippen molar-refractivity contribution >= 4 is 0 Å².